The van der Waals surface area contributed by atoms with Gasteiger partial charge >= 0.3 is 0 Å². The van der Waals surface area contributed by atoms with E-state index in [0.717, 1.165) is 36.4 Å². The van der Waals surface area contributed by atoms with Gasteiger partial charge in [0.1, 0.15) is 5.76 Å². The Kier molecular flexibility index (Phi) is 4.83. The second kappa shape index (κ2) is 6.62. The molecule has 1 aromatic heterocycles. The highest BCUT2D eigenvalue weighted by atomic mass is 79.9. The highest BCUT2D eigenvalue weighted by Crippen LogP contribution is 2.13. The molecule has 0 fully saturated rings. The van der Waals surface area contributed by atoms with Crippen LogP contribution in [0.25, 0.3) is 0 Å². The number of rotatable bonds is 6. The van der Waals surface area contributed by atoms with Crippen LogP contribution in [0.5, 0.6) is 0 Å². The van der Waals surface area contributed by atoms with Crippen LogP contribution >= 0.6 is 15.9 Å². The Labute approximate surface area is 110 Å². The maximum absolute atomic E-state index is 5.40. The topological polar surface area (TPSA) is 25.2 Å². The van der Waals surface area contributed by atoms with E-state index < -0.39 is 0 Å². The number of hydrogen-bond donors (Lipinski definition) is 1. The Bertz CT molecular complexity index is 438. The summed E-state index contributed by atoms with van der Waals surface area (Å²) in [5, 5.41) is 3.37. The molecule has 1 aromatic carbocycles. The monoisotopic (exact) mass is 293 g/mol. The maximum Gasteiger partial charge on any atom is 0.169 e. The minimum absolute atomic E-state index is 0.790. The van der Waals surface area contributed by atoms with Crippen molar-refractivity contribution in [2.45, 2.75) is 19.4 Å². The predicted octanol–water partition coefficient (Wildman–Crippen LogP) is 3.76. The molecule has 0 amide bonds. The van der Waals surface area contributed by atoms with Gasteiger partial charge in [0.15, 0.2) is 4.67 Å². The maximum atomic E-state index is 5.40. The van der Waals surface area contributed by atoms with Crippen LogP contribution in [0, 0.1) is 0 Å². The Morgan fingerprint density at radius 1 is 1.06 bits per heavy atom. The minimum atomic E-state index is 0.790. The average molecular weight is 294 g/mol. The zero-order valence-electron chi connectivity index (χ0n) is 9.66. The van der Waals surface area contributed by atoms with Crippen LogP contribution in [0.3, 0.4) is 0 Å². The molecule has 2 aromatic rings. The van der Waals surface area contributed by atoms with Crippen LogP contribution in [0.15, 0.2) is 51.6 Å². The van der Waals surface area contributed by atoms with Gasteiger partial charge in [-0.05, 0) is 53.0 Å². The van der Waals surface area contributed by atoms with E-state index in [1.54, 1.807) is 0 Å². The Morgan fingerprint density at radius 3 is 2.59 bits per heavy atom. The van der Waals surface area contributed by atoms with Crippen molar-refractivity contribution < 1.29 is 4.42 Å². The van der Waals surface area contributed by atoms with Gasteiger partial charge in [-0.25, -0.2) is 0 Å². The lowest BCUT2D eigenvalue weighted by Crippen LogP contribution is -2.14. The highest BCUT2D eigenvalue weighted by Gasteiger charge is 1.98. The standard InChI is InChI=1S/C14H16BrNO/c15-14-9-8-13(17-14)11-16-10-4-7-12-5-2-1-3-6-12/h1-3,5-6,8-9,16H,4,7,10-11H2. The summed E-state index contributed by atoms with van der Waals surface area (Å²) in [6, 6.07) is 14.5. The molecule has 0 aliphatic heterocycles. The summed E-state index contributed by atoms with van der Waals surface area (Å²) < 4.78 is 6.19. The summed E-state index contributed by atoms with van der Waals surface area (Å²) in [4.78, 5) is 0. The molecule has 17 heavy (non-hydrogen) atoms. The lowest BCUT2D eigenvalue weighted by Gasteiger charge is -2.03. The smallest absolute Gasteiger partial charge is 0.169 e. The van der Waals surface area contributed by atoms with Crippen LogP contribution in [-0.4, -0.2) is 6.54 Å². The first-order valence-corrected chi connectivity index (χ1v) is 6.63. The molecule has 2 nitrogen and oxygen atoms in total. The summed E-state index contributed by atoms with van der Waals surface area (Å²) in [6.07, 6.45) is 2.27. The normalized spacial score (nSPS) is 10.6. The molecule has 3 heteroatoms. The zero-order chi connectivity index (χ0) is 11.9. The number of nitrogens with one attached hydrogen (secondary N) is 1. The lowest BCUT2D eigenvalue weighted by molar-refractivity contribution is 0.464. The fourth-order valence-electron chi connectivity index (χ4n) is 1.72. The van der Waals surface area contributed by atoms with E-state index in [9.17, 15) is 0 Å². The number of hydrogen-bond acceptors (Lipinski definition) is 2. The van der Waals surface area contributed by atoms with E-state index in [2.05, 4.69) is 51.6 Å². The quantitative estimate of drug-likeness (QED) is 0.821. The summed E-state index contributed by atoms with van der Waals surface area (Å²) in [5.41, 5.74) is 1.40. The molecule has 0 saturated carbocycles. The van der Waals surface area contributed by atoms with Crippen LogP contribution < -0.4 is 5.32 Å². The van der Waals surface area contributed by atoms with Gasteiger partial charge in [-0.15, -0.1) is 0 Å². The zero-order valence-corrected chi connectivity index (χ0v) is 11.2. The van der Waals surface area contributed by atoms with Gasteiger partial charge in [-0.2, -0.15) is 0 Å². The van der Waals surface area contributed by atoms with Crippen molar-refractivity contribution in [2.24, 2.45) is 0 Å². The van der Waals surface area contributed by atoms with E-state index in [0.29, 0.717) is 0 Å². The molecule has 0 saturated heterocycles. The largest absolute Gasteiger partial charge is 0.453 e. The number of furan rings is 1. The van der Waals surface area contributed by atoms with Crippen molar-refractivity contribution in [3.8, 4) is 0 Å². The number of benzene rings is 1. The molecule has 2 rings (SSSR count). The molecule has 90 valence electrons. The van der Waals surface area contributed by atoms with Crippen LogP contribution in [0.2, 0.25) is 0 Å². The van der Waals surface area contributed by atoms with Crippen molar-refractivity contribution in [3.05, 3.63) is 58.5 Å². The van der Waals surface area contributed by atoms with Crippen LogP contribution in [0.4, 0.5) is 0 Å². The van der Waals surface area contributed by atoms with E-state index in [4.69, 9.17) is 4.42 Å². The Hall–Kier alpha value is -1.06. The van der Waals surface area contributed by atoms with Crippen molar-refractivity contribution in [2.75, 3.05) is 6.54 Å². The van der Waals surface area contributed by atoms with Gasteiger partial charge in [0.25, 0.3) is 0 Å². The predicted molar refractivity (Wildman–Crippen MR) is 72.9 cm³/mol. The number of aryl methyl sites for hydroxylation is 1. The van der Waals surface area contributed by atoms with Crippen molar-refractivity contribution in [1.82, 2.24) is 5.32 Å². The van der Waals surface area contributed by atoms with E-state index in [1.807, 2.05) is 12.1 Å². The van der Waals surface area contributed by atoms with Gasteiger partial charge in [-0.1, -0.05) is 30.3 Å². The molecule has 0 radical (unpaired) electrons. The second-order valence-corrected chi connectivity index (χ2v) is 4.75. The Morgan fingerprint density at radius 2 is 1.88 bits per heavy atom. The molecule has 0 unspecified atom stereocenters. The molecular formula is C14H16BrNO. The molecule has 0 aliphatic carbocycles. The van der Waals surface area contributed by atoms with Gasteiger partial charge in [0.2, 0.25) is 0 Å². The summed E-state index contributed by atoms with van der Waals surface area (Å²) in [7, 11) is 0. The van der Waals surface area contributed by atoms with E-state index in [1.165, 1.54) is 5.56 Å². The highest BCUT2D eigenvalue weighted by molar-refractivity contribution is 9.10. The molecule has 0 aliphatic rings. The van der Waals surface area contributed by atoms with Gasteiger partial charge in [0.05, 0.1) is 6.54 Å². The first kappa shape index (κ1) is 12.4. The summed E-state index contributed by atoms with van der Waals surface area (Å²) >= 11 is 3.29. The molecule has 0 atom stereocenters. The lowest BCUT2D eigenvalue weighted by atomic mass is 10.1. The first-order chi connectivity index (χ1) is 8.34. The first-order valence-electron chi connectivity index (χ1n) is 5.83. The minimum Gasteiger partial charge on any atom is -0.453 e. The van der Waals surface area contributed by atoms with E-state index in [-0.39, 0.29) is 0 Å². The van der Waals surface area contributed by atoms with Crippen molar-refractivity contribution in [1.29, 1.82) is 0 Å². The number of halogens is 1. The third kappa shape index (κ3) is 4.36. The molecule has 1 N–H and O–H groups in total. The van der Waals surface area contributed by atoms with E-state index >= 15 is 0 Å². The second-order valence-electron chi connectivity index (χ2n) is 3.97. The summed E-state index contributed by atoms with van der Waals surface area (Å²) in [6.45, 7) is 1.80. The third-order valence-electron chi connectivity index (χ3n) is 2.59. The van der Waals surface area contributed by atoms with Gasteiger partial charge < -0.3 is 9.73 Å². The molecule has 0 bridgehead atoms. The van der Waals surface area contributed by atoms with Crippen LogP contribution in [-0.2, 0) is 13.0 Å². The fourth-order valence-corrected chi connectivity index (χ4v) is 2.06. The van der Waals surface area contributed by atoms with Gasteiger partial charge in [0, 0.05) is 0 Å². The molecule has 0 spiro atoms. The van der Waals surface area contributed by atoms with Gasteiger partial charge in [-0.3, -0.25) is 0 Å². The van der Waals surface area contributed by atoms with Crippen LogP contribution in [0.1, 0.15) is 17.7 Å². The van der Waals surface area contributed by atoms with Crippen molar-refractivity contribution >= 4 is 15.9 Å². The third-order valence-corrected chi connectivity index (χ3v) is 3.02. The Balaban J connectivity index is 1.61. The molecular weight excluding hydrogens is 278 g/mol. The molecule has 1 heterocycles. The SMILES string of the molecule is Brc1ccc(CNCCCc2ccccc2)o1. The average Bonchev–Trinajstić information content (AvgIpc) is 2.76. The summed E-state index contributed by atoms with van der Waals surface area (Å²) in [5.74, 6) is 0.969. The fraction of sp³-hybridized carbons (Fsp3) is 0.286. The van der Waals surface area contributed by atoms with Crippen molar-refractivity contribution in [3.63, 3.8) is 0 Å².